The number of hydrogen-bond acceptors (Lipinski definition) is 7. The van der Waals surface area contributed by atoms with Crippen molar-refractivity contribution in [1.29, 1.82) is 0 Å². The highest BCUT2D eigenvalue weighted by Gasteiger charge is 2.16. The van der Waals surface area contributed by atoms with Gasteiger partial charge in [-0.2, -0.15) is 0 Å². The van der Waals surface area contributed by atoms with Crippen molar-refractivity contribution in [1.82, 2.24) is 14.8 Å². The molecule has 1 N–H and O–H groups in total. The summed E-state index contributed by atoms with van der Waals surface area (Å²) in [5.74, 6) is 2.08. The van der Waals surface area contributed by atoms with Gasteiger partial charge in [0.05, 0.1) is 7.11 Å². The van der Waals surface area contributed by atoms with Crippen molar-refractivity contribution in [3.8, 4) is 22.9 Å². The molecule has 158 valence electrons. The summed E-state index contributed by atoms with van der Waals surface area (Å²) in [6.07, 6.45) is 1.79. The van der Waals surface area contributed by atoms with E-state index in [0.29, 0.717) is 28.6 Å². The molecule has 7 nitrogen and oxygen atoms in total. The Hall–Kier alpha value is -3.52. The molecule has 0 aliphatic carbocycles. The molecule has 0 atom stereocenters. The minimum Gasteiger partial charge on any atom is -0.508 e. The van der Waals surface area contributed by atoms with Crippen molar-refractivity contribution in [3.05, 3.63) is 76.7 Å². The van der Waals surface area contributed by atoms with Gasteiger partial charge in [-0.25, -0.2) is 4.79 Å². The Morgan fingerprint density at radius 1 is 1.23 bits per heavy atom. The molecule has 0 aliphatic heterocycles. The topological polar surface area (TPSA) is 90.4 Å². The van der Waals surface area contributed by atoms with E-state index in [1.807, 2.05) is 28.8 Å². The van der Waals surface area contributed by atoms with Gasteiger partial charge < -0.3 is 14.3 Å². The van der Waals surface area contributed by atoms with Crippen molar-refractivity contribution in [2.75, 3.05) is 7.11 Å². The van der Waals surface area contributed by atoms with Gasteiger partial charge in [0, 0.05) is 34.9 Å². The summed E-state index contributed by atoms with van der Waals surface area (Å²) >= 11 is 1.47. The molecule has 0 radical (unpaired) electrons. The normalized spacial score (nSPS) is 11.0. The molecule has 0 fully saturated rings. The first-order chi connectivity index (χ1) is 15.0. The van der Waals surface area contributed by atoms with Crippen LogP contribution in [0, 0.1) is 6.92 Å². The fourth-order valence-corrected chi connectivity index (χ4v) is 4.26. The van der Waals surface area contributed by atoms with Gasteiger partial charge in [0.2, 0.25) is 0 Å². The average molecular weight is 436 g/mol. The fraction of sp³-hybridized carbons (Fsp3) is 0.174. The van der Waals surface area contributed by atoms with Gasteiger partial charge in [0.1, 0.15) is 17.1 Å². The molecule has 4 aromatic rings. The minimum absolute atomic E-state index is 0.0929. The first-order valence-electron chi connectivity index (χ1n) is 9.58. The molecule has 31 heavy (non-hydrogen) atoms. The predicted molar refractivity (Wildman–Crippen MR) is 121 cm³/mol. The lowest BCUT2D eigenvalue weighted by molar-refractivity contribution is 0.415. The second-order valence-electron chi connectivity index (χ2n) is 6.90. The minimum atomic E-state index is -0.455. The van der Waals surface area contributed by atoms with Gasteiger partial charge in [-0.3, -0.25) is 4.57 Å². The van der Waals surface area contributed by atoms with E-state index in [0.717, 1.165) is 28.1 Å². The number of methoxy groups -OCH3 is 1. The summed E-state index contributed by atoms with van der Waals surface area (Å²) in [5.41, 5.74) is 2.20. The second kappa shape index (κ2) is 8.69. The molecule has 2 heterocycles. The van der Waals surface area contributed by atoms with Crippen LogP contribution in [0.5, 0.6) is 11.5 Å². The molecule has 0 amide bonds. The van der Waals surface area contributed by atoms with Crippen molar-refractivity contribution in [2.45, 2.75) is 24.4 Å². The molecule has 2 aromatic heterocycles. The van der Waals surface area contributed by atoms with Crippen LogP contribution in [0.25, 0.3) is 22.4 Å². The molecular formula is C23H21N3O4S. The summed E-state index contributed by atoms with van der Waals surface area (Å²) in [6.45, 7) is 6.11. The van der Waals surface area contributed by atoms with E-state index in [4.69, 9.17) is 9.15 Å². The standard InChI is InChI=1S/C23H21N3O4S/c1-4-11-26-22(15-5-7-17(29-3)8-6-15)24-25-23(26)31-13-16-12-20(28)30-21-14(2)19(27)10-9-18(16)21/h4-10,12,27H,1,11,13H2,2-3H3. The van der Waals surface area contributed by atoms with E-state index in [1.54, 1.807) is 32.2 Å². The van der Waals surface area contributed by atoms with Crippen LogP contribution in [0.1, 0.15) is 11.1 Å². The number of aryl methyl sites for hydroxylation is 1. The Kier molecular flexibility index (Phi) is 5.81. The summed E-state index contributed by atoms with van der Waals surface area (Å²) < 4.78 is 12.5. The number of aromatic nitrogens is 3. The summed E-state index contributed by atoms with van der Waals surface area (Å²) in [7, 11) is 1.63. The number of phenols is 1. The van der Waals surface area contributed by atoms with E-state index in [-0.39, 0.29) is 5.75 Å². The van der Waals surface area contributed by atoms with Gasteiger partial charge in [-0.15, -0.1) is 16.8 Å². The van der Waals surface area contributed by atoms with Crippen molar-refractivity contribution >= 4 is 22.7 Å². The van der Waals surface area contributed by atoms with Crippen molar-refractivity contribution in [3.63, 3.8) is 0 Å². The molecular weight excluding hydrogens is 414 g/mol. The number of fused-ring (bicyclic) bond motifs is 1. The van der Waals surface area contributed by atoms with Gasteiger partial charge in [0.15, 0.2) is 11.0 Å². The number of allylic oxidation sites excluding steroid dienone is 1. The summed E-state index contributed by atoms with van der Waals surface area (Å²) in [6, 6.07) is 12.5. The zero-order valence-corrected chi connectivity index (χ0v) is 18.0. The molecule has 0 saturated heterocycles. The van der Waals surface area contributed by atoms with Crippen LogP contribution < -0.4 is 10.4 Å². The first-order valence-corrected chi connectivity index (χ1v) is 10.6. The molecule has 0 spiro atoms. The largest absolute Gasteiger partial charge is 0.508 e. The van der Waals surface area contributed by atoms with Gasteiger partial charge in [-0.05, 0) is 48.9 Å². The summed E-state index contributed by atoms with van der Waals surface area (Å²) in [5, 5.41) is 20.2. The average Bonchev–Trinajstić information content (AvgIpc) is 3.17. The van der Waals surface area contributed by atoms with E-state index in [1.165, 1.54) is 17.8 Å². The Bertz CT molecular complexity index is 1310. The van der Waals surface area contributed by atoms with Gasteiger partial charge in [-0.1, -0.05) is 17.8 Å². The number of nitrogens with zero attached hydrogens (tertiary/aromatic N) is 3. The zero-order valence-electron chi connectivity index (χ0n) is 17.2. The lowest BCUT2D eigenvalue weighted by Gasteiger charge is -2.10. The van der Waals surface area contributed by atoms with Crippen LogP contribution in [0.2, 0.25) is 0 Å². The monoisotopic (exact) mass is 435 g/mol. The van der Waals surface area contributed by atoms with Crippen LogP contribution in [0.3, 0.4) is 0 Å². The van der Waals surface area contributed by atoms with E-state index in [9.17, 15) is 9.90 Å². The Balaban J connectivity index is 1.67. The number of thioether (sulfide) groups is 1. The SMILES string of the molecule is C=CCn1c(SCc2cc(=O)oc3c(C)c(O)ccc23)nnc1-c1ccc(OC)cc1. The van der Waals surface area contributed by atoms with Crippen molar-refractivity contribution < 1.29 is 14.3 Å². The van der Waals surface area contributed by atoms with E-state index >= 15 is 0 Å². The second-order valence-corrected chi connectivity index (χ2v) is 7.84. The van der Waals surface area contributed by atoms with Crippen molar-refractivity contribution in [2.24, 2.45) is 0 Å². The number of aromatic hydroxyl groups is 1. The van der Waals surface area contributed by atoms with Gasteiger partial charge in [0.25, 0.3) is 0 Å². The fourth-order valence-electron chi connectivity index (χ4n) is 3.32. The smallest absolute Gasteiger partial charge is 0.336 e. The third kappa shape index (κ3) is 4.06. The molecule has 0 unspecified atom stereocenters. The zero-order chi connectivity index (χ0) is 22.0. The van der Waals surface area contributed by atoms with Crippen LogP contribution in [-0.4, -0.2) is 27.0 Å². The van der Waals surface area contributed by atoms with Crippen LogP contribution in [0.4, 0.5) is 0 Å². The maximum atomic E-state index is 12.1. The van der Waals surface area contributed by atoms with Crippen LogP contribution >= 0.6 is 11.8 Å². The maximum absolute atomic E-state index is 12.1. The lowest BCUT2D eigenvalue weighted by atomic mass is 10.1. The molecule has 2 aromatic carbocycles. The Morgan fingerprint density at radius 2 is 2.00 bits per heavy atom. The molecule has 0 aliphatic rings. The van der Waals surface area contributed by atoms with E-state index < -0.39 is 5.63 Å². The Labute approximate surface area is 183 Å². The molecule has 0 saturated carbocycles. The number of ether oxygens (including phenoxy) is 1. The Morgan fingerprint density at radius 3 is 2.71 bits per heavy atom. The number of phenolic OH excluding ortho intramolecular Hbond substituents is 1. The molecule has 4 rings (SSSR count). The lowest BCUT2D eigenvalue weighted by Crippen LogP contribution is -2.03. The third-order valence-electron chi connectivity index (χ3n) is 4.95. The highest BCUT2D eigenvalue weighted by atomic mass is 32.2. The van der Waals surface area contributed by atoms with Crippen LogP contribution in [0.15, 0.2) is 69.5 Å². The quantitative estimate of drug-likeness (QED) is 0.259. The summed E-state index contributed by atoms with van der Waals surface area (Å²) in [4.78, 5) is 12.1. The van der Waals surface area contributed by atoms with Crippen LogP contribution in [-0.2, 0) is 12.3 Å². The first kappa shape index (κ1) is 20.7. The number of rotatable bonds is 7. The maximum Gasteiger partial charge on any atom is 0.336 e. The molecule has 0 bridgehead atoms. The van der Waals surface area contributed by atoms with E-state index in [2.05, 4.69) is 16.8 Å². The number of hydrogen-bond donors (Lipinski definition) is 1. The van der Waals surface area contributed by atoms with Gasteiger partial charge >= 0.3 is 5.63 Å². The molecule has 8 heteroatoms. The number of benzene rings is 2. The highest BCUT2D eigenvalue weighted by molar-refractivity contribution is 7.98. The predicted octanol–water partition coefficient (Wildman–Crippen LogP) is 4.55. The highest BCUT2D eigenvalue weighted by Crippen LogP contribution is 2.32. The third-order valence-corrected chi connectivity index (χ3v) is 5.97.